The molecule has 2 aromatic heterocycles. The van der Waals surface area contributed by atoms with Gasteiger partial charge in [-0.3, -0.25) is 9.36 Å². The third kappa shape index (κ3) is 4.43. The predicted octanol–water partition coefficient (Wildman–Crippen LogP) is 4.51. The lowest BCUT2D eigenvalue weighted by Crippen LogP contribution is -2.28. The summed E-state index contributed by atoms with van der Waals surface area (Å²) in [6.45, 7) is 3.41. The standard InChI is InChI=1S/C23H22ClN3O4S/c1-23(2,29)11-31-18-7-5-14(9-19(18)30-3)27-12-26-17-10-20(32-21(17)22(27)28)15-6-4-13(24)8-16(15)25/h4-10,12,29H,11,25H2,1-3H3. The zero-order valence-corrected chi connectivity index (χ0v) is 19.3. The highest BCUT2D eigenvalue weighted by Gasteiger charge is 2.17. The van der Waals surface area contributed by atoms with Crippen LogP contribution in [0.25, 0.3) is 26.3 Å². The first kappa shape index (κ1) is 22.1. The van der Waals surface area contributed by atoms with E-state index in [0.29, 0.717) is 38.1 Å². The highest BCUT2D eigenvalue weighted by atomic mass is 35.5. The molecule has 0 saturated heterocycles. The van der Waals surface area contributed by atoms with Gasteiger partial charge < -0.3 is 20.3 Å². The lowest BCUT2D eigenvalue weighted by Gasteiger charge is -2.19. The van der Waals surface area contributed by atoms with Crippen LogP contribution >= 0.6 is 22.9 Å². The average Bonchev–Trinajstić information content (AvgIpc) is 3.17. The van der Waals surface area contributed by atoms with Crippen molar-refractivity contribution in [3.05, 3.63) is 64.2 Å². The third-order valence-electron chi connectivity index (χ3n) is 4.72. The molecule has 0 aliphatic carbocycles. The van der Waals surface area contributed by atoms with Crippen molar-refractivity contribution in [3.8, 4) is 27.6 Å². The Kier molecular flexibility index (Phi) is 5.85. The molecule has 0 aliphatic rings. The van der Waals surface area contributed by atoms with Gasteiger partial charge in [-0.05, 0) is 44.2 Å². The summed E-state index contributed by atoms with van der Waals surface area (Å²) in [6.07, 6.45) is 1.48. The number of halogens is 1. The maximum absolute atomic E-state index is 13.2. The number of fused-ring (bicyclic) bond motifs is 1. The fraction of sp³-hybridized carbons (Fsp3) is 0.217. The minimum atomic E-state index is -0.986. The average molecular weight is 472 g/mol. The Morgan fingerprint density at radius 2 is 1.97 bits per heavy atom. The van der Waals surface area contributed by atoms with Gasteiger partial charge >= 0.3 is 0 Å². The van der Waals surface area contributed by atoms with Crippen LogP contribution in [0, 0.1) is 0 Å². The summed E-state index contributed by atoms with van der Waals surface area (Å²) in [5.41, 5.74) is 7.44. The maximum atomic E-state index is 13.2. The first-order valence-corrected chi connectivity index (χ1v) is 11.0. The number of aromatic nitrogens is 2. The minimum absolute atomic E-state index is 0.0992. The van der Waals surface area contributed by atoms with E-state index in [4.69, 9.17) is 26.8 Å². The van der Waals surface area contributed by atoms with Crippen molar-refractivity contribution in [3.63, 3.8) is 0 Å². The van der Waals surface area contributed by atoms with Crippen molar-refractivity contribution in [1.29, 1.82) is 0 Å². The molecule has 0 unspecified atom stereocenters. The van der Waals surface area contributed by atoms with Gasteiger partial charge in [-0.25, -0.2) is 4.98 Å². The van der Waals surface area contributed by atoms with Crippen LogP contribution in [0.2, 0.25) is 5.02 Å². The molecule has 166 valence electrons. The normalized spacial score (nSPS) is 11.7. The number of nitrogens with zero attached hydrogens (tertiary/aromatic N) is 2. The second kappa shape index (κ2) is 8.46. The number of hydrogen-bond donors (Lipinski definition) is 2. The first-order chi connectivity index (χ1) is 15.2. The van der Waals surface area contributed by atoms with Gasteiger partial charge in [0.2, 0.25) is 0 Å². The van der Waals surface area contributed by atoms with Crippen LogP contribution < -0.4 is 20.8 Å². The Hall–Kier alpha value is -3.07. The second-order valence-corrected chi connectivity index (χ2v) is 9.40. The molecular formula is C23H22ClN3O4S. The van der Waals surface area contributed by atoms with E-state index in [2.05, 4.69) is 4.98 Å². The van der Waals surface area contributed by atoms with Crippen molar-refractivity contribution in [2.45, 2.75) is 19.4 Å². The molecule has 0 aliphatic heterocycles. The number of benzene rings is 2. The van der Waals surface area contributed by atoms with Gasteiger partial charge in [0.25, 0.3) is 5.56 Å². The van der Waals surface area contributed by atoms with Gasteiger partial charge in [0.15, 0.2) is 11.5 Å². The van der Waals surface area contributed by atoms with Crippen LogP contribution in [-0.2, 0) is 0 Å². The van der Waals surface area contributed by atoms with E-state index in [1.54, 1.807) is 44.2 Å². The summed E-state index contributed by atoms with van der Waals surface area (Å²) < 4.78 is 13.0. The van der Waals surface area contributed by atoms with E-state index >= 15 is 0 Å². The molecule has 3 N–H and O–H groups in total. The monoisotopic (exact) mass is 471 g/mol. The zero-order chi connectivity index (χ0) is 23.0. The van der Waals surface area contributed by atoms with E-state index in [9.17, 15) is 9.90 Å². The molecule has 0 fully saturated rings. The van der Waals surface area contributed by atoms with Crippen LogP contribution in [0.4, 0.5) is 5.69 Å². The molecule has 2 aromatic carbocycles. The fourth-order valence-electron chi connectivity index (χ4n) is 3.17. The highest BCUT2D eigenvalue weighted by Crippen LogP contribution is 2.36. The number of methoxy groups -OCH3 is 1. The van der Waals surface area contributed by atoms with Crippen LogP contribution in [0.15, 0.2) is 53.6 Å². The summed E-state index contributed by atoms with van der Waals surface area (Å²) >= 11 is 7.33. The van der Waals surface area contributed by atoms with E-state index in [1.807, 2.05) is 12.1 Å². The van der Waals surface area contributed by atoms with Gasteiger partial charge in [0, 0.05) is 27.2 Å². The molecule has 0 bridgehead atoms. The number of nitrogens with two attached hydrogens (primary N) is 1. The van der Waals surface area contributed by atoms with Crippen LogP contribution in [0.1, 0.15) is 13.8 Å². The molecule has 0 spiro atoms. The van der Waals surface area contributed by atoms with E-state index < -0.39 is 5.60 Å². The Morgan fingerprint density at radius 3 is 2.66 bits per heavy atom. The van der Waals surface area contributed by atoms with Gasteiger partial charge in [-0.1, -0.05) is 17.7 Å². The summed E-state index contributed by atoms with van der Waals surface area (Å²) in [6, 6.07) is 12.3. The van der Waals surface area contributed by atoms with Gasteiger partial charge in [-0.2, -0.15) is 0 Å². The van der Waals surface area contributed by atoms with Crippen LogP contribution in [0.5, 0.6) is 11.5 Å². The molecule has 0 radical (unpaired) electrons. The number of nitrogen functional groups attached to an aromatic ring is 1. The fourth-order valence-corrected chi connectivity index (χ4v) is 4.44. The molecule has 32 heavy (non-hydrogen) atoms. The molecule has 2 heterocycles. The maximum Gasteiger partial charge on any atom is 0.275 e. The van der Waals surface area contributed by atoms with Crippen molar-refractivity contribution < 1.29 is 14.6 Å². The largest absolute Gasteiger partial charge is 0.493 e. The molecule has 0 saturated carbocycles. The van der Waals surface area contributed by atoms with Crippen molar-refractivity contribution >= 4 is 38.8 Å². The summed E-state index contributed by atoms with van der Waals surface area (Å²) in [5, 5.41) is 10.4. The van der Waals surface area contributed by atoms with Gasteiger partial charge in [0.1, 0.15) is 17.6 Å². The third-order valence-corrected chi connectivity index (χ3v) is 6.10. The molecule has 9 heteroatoms. The number of hydrogen-bond acceptors (Lipinski definition) is 7. The highest BCUT2D eigenvalue weighted by molar-refractivity contribution is 7.22. The first-order valence-electron chi connectivity index (χ1n) is 9.76. The van der Waals surface area contributed by atoms with Crippen LogP contribution in [0.3, 0.4) is 0 Å². The predicted molar refractivity (Wildman–Crippen MR) is 128 cm³/mol. The smallest absolute Gasteiger partial charge is 0.275 e. The lowest BCUT2D eigenvalue weighted by atomic mass is 10.1. The van der Waals surface area contributed by atoms with Crippen molar-refractivity contribution in [2.24, 2.45) is 0 Å². The number of thiophene rings is 1. The quantitative estimate of drug-likeness (QED) is 0.401. The second-order valence-electron chi connectivity index (χ2n) is 7.91. The van der Waals surface area contributed by atoms with Gasteiger partial charge in [0.05, 0.1) is 23.9 Å². The molecule has 0 atom stereocenters. The topological polar surface area (TPSA) is 99.6 Å². The van der Waals surface area contributed by atoms with Crippen molar-refractivity contribution in [2.75, 3.05) is 19.5 Å². The summed E-state index contributed by atoms with van der Waals surface area (Å²) in [5.74, 6) is 0.914. The lowest BCUT2D eigenvalue weighted by molar-refractivity contribution is 0.0276. The Bertz CT molecular complexity index is 1360. The Labute approximate surface area is 193 Å². The zero-order valence-electron chi connectivity index (χ0n) is 17.8. The minimum Gasteiger partial charge on any atom is -0.493 e. The number of anilines is 1. The number of rotatable bonds is 6. The molecule has 4 aromatic rings. The molecule has 7 nitrogen and oxygen atoms in total. The van der Waals surface area contributed by atoms with E-state index in [-0.39, 0.29) is 12.2 Å². The summed E-state index contributed by atoms with van der Waals surface area (Å²) in [4.78, 5) is 18.5. The van der Waals surface area contributed by atoms with Gasteiger partial charge in [-0.15, -0.1) is 11.3 Å². The molecule has 4 rings (SSSR count). The van der Waals surface area contributed by atoms with E-state index in [0.717, 1.165) is 10.4 Å². The SMILES string of the molecule is COc1cc(-n2cnc3cc(-c4ccc(Cl)cc4N)sc3c2=O)ccc1OCC(C)(C)O. The Balaban J connectivity index is 1.73. The van der Waals surface area contributed by atoms with Crippen molar-refractivity contribution in [1.82, 2.24) is 9.55 Å². The van der Waals surface area contributed by atoms with E-state index in [1.165, 1.54) is 29.3 Å². The Morgan fingerprint density at radius 1 is 1.19 bits per heavy atom. The number of ether oxygens (including phenoxy) is 2. The number of aliphatic hydroxyl groups is 1. The van der Waals surface area contributed by atoms with Crippen LogP contribution in [-0.4, -0.2) is 34.0 Å². The molecule has 0 amide bonds. The molecular weight excluding hydrogens is 450 g/mol. The summed E-state index contributed by atoms with van der Waals surface area (Å²) in [7, 11) is 1.52.